The Hall–Kier alpha value is -2.63. The van der Waals surface area contributed by atoms with Crippen LogP contribution in [0.2, 0.25) is 0 Å². The number of rotatable bonds is 6. The van der Waals surface area contributed by atoms with Crippen LogP contribution in [0.5, 0.6) is 11.5 Å². The van der Waals surface area contributed by atoms with Crippen molar-refractivity contribution in [1.29, 1.82) is 0 Å². The van der Waals surface area contributed by atoms with Crippen LogP contribution in [0.15, 0.2) is 36.4 Å². The number of carbonyl (C=O) groups is 1. The van der Waals surface area contributed by atoms with Gasteiger partial charge in [0.1, 0.15) is 23.1 Å². The van der Waals surface area contributed by atoms with Gasteiger partial charge >= 0.3 is 0 Å². The maximum atomic E-state index is 13.7. The highest BCUT2D eigenvalue weighted by Crippen LogP contribution is 2.30. The average molecular weight is 321 g/mol. The maximum absolute atomic E-state index is 13.7. The van der Waals surface area contributed by atoms with Gasteiger partial charge < -0.3 is 14.8 Å². The van der Waals surface area contributed by atoms with Gasteiger partial charge in [-0.1, -0.05) is 0 Å². The number of ether oxygens (including phenoxy) is 2. The molecule has 2 aromatic carbocycles. The van der Waals surface area contributed by atoms with E-state index in [4.69, 9.17) is 9.47 Å². The fourth-order valence-corrected chi connectivity index (χ4v) is 2.01. The smallest absolute Gasteiger partial charge is 0.258 e. The minimum absolute atomic E-state index is 0.254. The Kier molecular flexibility index (Phi) is 5.51. The van der Waals surface area contributed by atoms with E-state index < -0.39 is 17.5 Å². The molecule has 0 spiro atoms. The van der Waals surface area contributed by atoms with Gasteiger partial charge in [-0.3, -0.25) is 4.79 Å². The molecule has 0 fully saturated rings. The first-order valence-electron chi connectivity index (χ1n) is 7.21. The van der Waals surface area contributed by atoms with E-state index in [1.807, 2.05) is 13.8 Å². The second-order valence-electron chi connectivity index (χ2n) is 4.60. The quantitative estimate of drug-likeness (QED) is 0.874. The first-order chi connectivity index (χ1) is 11.0. The molecule has 0 unspecified atom stereocenters. The topological polar surface area (TPSA) is 47.6 Å². The van der Waals surface area contributed by atoms with Crippen molar-refractivity contribution >= 4 is 11.6 Å². The average Bonchev–Trinajstić information content (AvgIpc) is 2.50. The van der Waals surface area contributed by atoms with E-state index in [1.165, 1.54) is 0 Å². The largest absolute Gasteiger partial charge is 0.494 e. The number of benzene rings is 2. The van der Waals surface area contributed by atoms with Gasteiger partial charge in [-0.05, 0) is 38.1 Å². The second kappa shape index (κ2) is 7.58. The van der Waals surface area contributed by atoms with E-state index in [9.17, 15) is 13.6 Å². The van der Waals surface area contributed by atoms with Crippen molar-refractivity contribution in [2.24, 2.45) is 0 Å². The number of amides is 1. The molecule has 0 bridgehead atoms. The molecule has 2 rings (SSSR count). The lowest BCUT2D eigenvalue weighted by atomic mass is 10.2. The summed E-state index contributed by atoms with van der Waals surface area (Å²) >= 11 is 0. The van der Waals surface area contributed by atoms with Crippen LogP contribution in [-0.2, 0) is 0 Å². The molecule has 23 heavy (non-hydrogen) atoms. The summed E-state index contributed by atoms with van der Waals surface area (Å²) in [5.41, 5.74) is 0.0992. The zero-order valence-corrected chi connectivity index (χ0v) is 12.9. The lowest BCUT2D eigenvalue weighted by molar-refractivity contribution is 0.102. The van der Waals surface area contributed by atoms with Crippen LogP contribution in [0, 0.1) is 11.6 Å². The van der Waals surface area contributed by atoms with Crippen LogP contribution in [-0.4, -0.2) is 19.1 Å². The fourth-order valence-electron chi connectivity index (χ4n) is 2.01. The third-order valence-electron chi connectivity index (χ3n) is 2.99. The molecule has 0 aliphatic rings. The Morgan fingerprint density at radius 1 is 1.04 bits per heavy atom. The number of anilines is 1. The molecule has 6 heteroatoms. The van der Waals surface area contributed by atoms with Gasteiger partial charge in [0.2, 0.25) is 0 Å². The van der Waals surface area contributed by atoms with E-state index in [2.05, 4.69) is 5.32 Å². The number of carbonyl (C=O) groups excluding carboxylic acids is 1. The van der Waals surface area contributed by atoms with E-state index in [-0.39, 0.29) is 5.56 Å². The first kappa shape index (κ1) is 16.7. The van der Waals surface area contributed by atoms with Gasteiger partial charge in [0.05, 0.1) is 24.5 Å². The molecule has 0 aliphatic heterocycles. The van der Waals surface area contributed by atoms with Crippen LogP contribution in [0.25, 0.3) is 0 Å². The van der Waals surface area contributed by atoms with Crippen LogP contribution in [0.1, 0.15) is 24.2 Å². The Balaban J connectivity index is 2.29. The summed E-state index contributed by atoms with van der Waals surface area (Å²) < 4.78 is 37.4. The number of nitrogens with one attached hydrogen (secondary N) is 1. The lowest BCUT2D eigenvalue weighted by Crippen LogP contribution is -2.15. The molecule has 4 nitrogen and oxygen atoms in total. The summed E-state index contributed by atoms with van der Waals surface area (Å²) in [6, 6.07) is 7.74. The molecule has 0 radical (unpaired) electrons. The normalized spacial score (nSPS) is 10.3. The van der Waals surface area contributed by atoms with Crippen molar-refractivity contribution in [3.8, 4) is 11.5 Å². The fraction of sp³-hybridized carbons (Fsp3) is 0.235. The molecule has 0 saturated carbocycles. The molecule has 1 amide bonds. The van der Waals surface area contributed by atoms with Gasteiger partial charge in [-0.15, -0.1) is 0 Å². The summed E-state index contributed by atoms with van der Waals surface area (Å²) in [7, 11) is 0. The summed E-state index contributed by atoms with van der Waals surface area (Å²) in [4.78, 5) is 12.2. The highest BCUT2D eigenvalue weighted by Gasteiger charge is 2.15. The molecular weight excluding hydrogens is 304 g/mol. The van der Waals surface area contributed by atoms with Gasteiger partial charge in [0, 0.05) is 12.1 Å². The van der Waals surface area contributed by atoms with Crippen LogP contribution in [0.3, 0.4) is 0 Å². The predicted octanol–water partition coefficient (Wildman–Crippen LogP) is 4.01. The van der Waals surface area contributed by atoms with Crippen LogP contribution >= 0.6 is 0 Å². The molecule has 2 aromatic rings. The molecule has 1 N–H and O–H groups in total. The minimum Gasteiger partial charge on any atom is -0.494 e. The molecular formula is C17H17F2NO3. The van der Waals surface area contributed by atoms with Crippen molar-refractivity contribution < 1.29 is 23.0 Å². The summed E-state index contributed by atoms with van der Waals surface area (Å²) in [5.74, 6) is -1.39. The van der Waals surface area contributed by atoms with Crippen LogP contribution < -0.4 is 14.8 Å². The Bertz CT molecular complexity index is 704. The molecule has 0 aliphatic carbocycles. The highest BCUT2D eigenvalue weighted by molar-refractivity contribution is 6.05. The van der Waals surface area contributed by atoms with Crippen molar-refractivity contribution in [3.05, 3.63) is 53.6 Å². The zero-order valence-electron chi connectivity index (χ0n) is 12.9. The zero-order chi connectivity index (χ0) is 16.8. The van der Waals surface area contributed by atoms with Gasteiger partial charge in [-0.2, -0.15) is 0 Å². The molecule has 0 saturated heterocycles. The standard InChI is InChI=1S/C17H17F2NO3/c1-3-22-12-6-8-16(23-4-2)15(10-12)20-17(21)13-7-5-11(18)9-14(13)19/h5-10H,3-4H2,1-2H3,(H,20,21). The third kappa shape index (κ3) is 4.18. The van der Waals surface area contributed by atoms with Crippen molar-refractivity contribution in [2.45, 2.75) is 13.8 Å². The van der Waals surface area contributed by atoms with Crippen molar-refractivity contribution in [3.63, 3.8) is 0 Å². The molecule has 0 atom stereocenters. The molecule has 0 aromatic heterocycles. The maximum Gasteiger partial charge on any atom is 0.258 e. The number of hydrogen-bond donors (Lipinski definition) is 1. The van der Waals surface area contributed by atoms with E-state index in [0.29, 0.717) is 36.5 Å². The van der Waals surface area contributed by atoms with Crippen LogP contribution in [0.4, 0.5) is 14.5 Å². The number of hydrogen-bond acceptors (Lipinski definition) is 3. The van der Waals surface area contributed by atoms with E-state index >= 15 is 0 Å². The summed E-state index contributed by atoms with van der Waals surface area (Å²) in [6.45, 7) is 4.51. The Labute approximate surface area is 133 Å². The SMILES string of the molecule is CCOc1ccc(OCC)c(NC(=O)c2ccc(F)cc2F)c1. The monoisotopic (exact) mass is 321 g/mol. The minimum atomic E-state index is -0.929. The van der Waals surface area contributed by atoms with E-state index in [0.717, 1.165) is 12.1 Å². The lowest BCUT2D eigenvalue weighted by Gasteiger charge is -2.13. The molecule has 0 heterocycles. The Morgan fingerprint density at radius 2 is 1.78 bits per heavy atom. The van der Waals surface area contributed by atoms with Crippen molar-refractivity contribution in [2.75, 3.05) is 18.5 Å². The first-order valence-corrected chi connectivity index (χ1v) is 7.21. The summed E-state index contributed by atoms with van der Waals surface area (Å²) in [5, 5.41) is 2.56. The van der Waals surface area contributed by atoms with Gasteiger partial charge in [-0.25, -0.2) is 8.78 Å². The van der Waals surface area contributed by atoms with E-state index in [1.54, 1.807) is 18.2 Å². The Morgan fingerprint density at radius 3 is 2.43 bits per heavy atom. The highest BCUT2D eigenvalue weighted by atomic mass is 19.1. The summed E-state index contributed by atoms with van der Waals surface area (Å²) in [6.07, 6.45) is 0. The van der Waals surface area contributed by atoms with Crippen molar-refractivity contribution in [1.82, 2.24) is 0 Å². The third-order valence-corrected chi connectivity index (χ3v) is 2.99. The van der Waals surface area contributed by atoms with Gasteiger partial charge in [0.15, 0.2) is 0 Å². The second-order valence-corrected chi connectivity index (χ2v) is 4.60. The van der Waals surface area contributed by atoms with Gasteiger partial charge in [0.25, 0.3) is 5.91 Å². The predicted molar refractivity (Wildman–Crippen MR) is 83.1 cm³/mol. The molecule has 122 valence electrons. The number of halogens is 2.